The second-order valence-corrected chi connectivity index (χ2v) is 5.28. The number of aliphatic hydroxyl groups is 1. The Kier molecular flexibility index (Phi) is 9.32. The van der Waals surface area contributed by atoms with E-state index >= 15 is 0 Å². The van der Waals surface area contributed by atoms with Gasteiger partial charge in [0.15, 0.2) is 0 Å². The Balaban J connectivity index is 1.96. The third-order valence-corrected chi connectivity index (χ3v) is 3.44. The average molecular weight is 273 g/mol. The third kappa shape index (κ3) is 8.52. The van der Waals surface area contributed by atoms with Crippen LogP contribution in [0.25, 0.3) is 0 Å². The minimum Gasteiger partial charge on any atom is -0.392 e. The number of piperazine rings is 1. The third-order valence-electron chi connectivity index (χ3n) is 3.44. The highest BCUT2D eigenvalue weighted by Gasteiger charge is 2.15. The molecule has 1 heterocycles. The van der Waals surface area contributed by atoms with Crippen molar-refractivity contribution in [3.8, 4) is 0 Å². The van der Waals surface area contributed by atoms with Crippen molar-refractivity contribution in [3.63, 3.8) is 0 Å². The van der Waals surface area contributed by atoms with Crippen LogP contribution in [0.4, 0.5) is 0 Å². The second-order valence-electron chi connectivity index (χ2n) is 5.28. The van der Waals surface area contributed by atoms with Crippen LogP contribution in [0.5, 0.6) is 0 Å². The largest absolute Gasteiger partial charge is 0.392 e. The van der Waals surface area contributed by atoms with Crippen LogP contribution in [0.1, 0.15) is 6.92 Å². The van der Waals surface area contributed by atoms with Gasteiger partial charge >= 0.3 is 0 Å². The van der Waals surface area contributed by atoms with Gasteiger partial charge in [-0.25, -0.2) is 0 Å². The van der Waals surface area contributed by atoms with Crippen LogP contribution in [-0.4, -0.2) is 93.0 Å². The van der Waals surface area contributed by atoms with Crippen LogP contribution in [0.15, 0.2) is 0 Å². The van der Waals surface area contributed by atoms with Gasteiger partial charge < -0.3 is 21.5 Å². The summed E-state index contributed by atoms with van der Waals surface area (Å²) in [5.41, 5.74) is 5.44. The quantitative estimate of drug-likeness (QED) is 0.349. The predicted octanol–water partition coefficient (Wildman–Crippen LogP) is -1.88. The number of nitrogens with two attached hydrogens (primary N) is 1. The number of hydrogen-bond donors (Lipinski definition) is 4. The maximum absolute atomic E-state index is 9.15. The van der Waals surface area contributed by atoms with Gasteiger partial charge in [0.05, 0.1) is 6.10 Å². The van der Waals surface area contributed by atoms with Gasteiger partial charge in [-0.15, -0.1) is 0 Å². The van der Waals surface area contributed by atoms with Crippen molar-refractivity contribution in [2.75, 3.05) is 72.0 Å². The van der Waals surface area contributed by atoms with Crippen molar-refractivity contribution >= 4 is 0 Å². The van der Waals surface area contributed by atoms with Crippen molar-refractivity contribution in [2.45, 2.75) is 13.0 Å². The predicted molar refractivity (Wildman–Crippen MR) is 79.4 cm³/mol. The van der Waals surface area contributed by atoms with E-state index in [1.165, 1.54) is 0 Å². The molecule has 0 aromatic carbocycles. The Morgan fingerprint density at radius 2 is 1.53 bits per heavy atom. The maximum Gasteiger partial charge on any atom is 0.0636 e. The molecule has 5 N–H and O–H groups in total. The van der Waals surface area contributed by atoms with Crippen LogP contribution >= 0.6 is 0 Å². The van der Waals surface area contributed by atoms with E-state index in [0.29, 0.717) is 13.1 Å². The molecule has 1 atom stereocenters. The van der Waals surface area contributed by atoms with Crippen molar-refractivity contribution in [1.82, 2.24) is 20.4 Å². The zero-order valence-corrected chi connectivity index (χ0v) is 12.3. The lowest BCUT2D eigenvalue weighted by atomic mass is 10.3. The maximum atomic E-state index is 9.15. The molecule has 1 fully saturated rings. The molecule has 0 spiro atoms. The Hall–Kier alpha value is -0.240. The molecule has 0 aromatic heterocycles. The molecule has 0 saturated carbocycles. The number of nitrogens with zero attached hydrogens (tertiary/aromatic N) is 2. The molecular weight excluding hydrogens is 242 g/mol. The van der Waals surface area contributed by atoms with Crippen molar-refractivity contribution in [3.05, 3.63) is 0 Å². The first-order valence-corrected chi connectivity index (χ1v) is 7.46. The lowest BCUT2D eigenvalue weighted by Gasteiger charge is -2.34. The van der Waals surface area contributed by atoms with Gasteiger partial charge in [0.2, 0.25) is 0 Å². The summed E-state index contributed by atoms with van der Waals surface area (Å²) in [4.78, 5) is 4.99. The van der Waals surface area contributed by atoms with E-state index in [2.05, 4.69) is 20.4 Å². The molecule has 114 valence electrons. The summed E-state index contributed by atoms with van der Waals surface area (Å²) < 4.78 is 0. The first-order valence-electron chi connectivity index (χ1n) is 7.46. The summed E-state index contributed by atoms with van der Waals surface area (Å²) in [5.74, 6) is 0. The average Bonchev–Trinajstić information content (AvgIpc) is 2.41. The summed E-state index contributed by atoms with van der Waals surface area (Å²) in [5, 5.41) is 15.7. The molecule has 0 aliphatic carbocycles. The molecule has 6 heteroatoms. The standard InChI is InChI=1S/C13H31N5O/c1-13(19)12-16-5-7-18-10-8-17(9-11-18)6-4-15-3-2-14/h13,15-16,19H,2-12,14H2,1H3. The Bertz CT molecular complexity index is 207. The number of aliphatic hydroxyl groups excluding tert-OH is 1. The minimum atomic E-state index is -0.252. The summed E-state index contributed by atoms with van der Waals surface area (Å²) in [6.07, 6.45) is -0.252. The van der Waals surface area contributed by atoms with Crippen LogP contribution in [-0.2, 0) is 0 Å². The minimum absolute atomic E-state index is 0.252. The zero-order chi connectivity index (χ0) is 13.9. The lowest BCUT2D eigenvalue weighted by Crippen LogP contribution is -2.49. The Morgan fingerprint density at radius 3 is 2.00 bits per heavy atom. The normalized spacial score (nSPS) is 19.7. The fourth-order valence-electron chi connectivity index (χ4n) is 2.25. The number of nitrogens with one attached hydrogen (secondary N) is 2. The van der Waals surface area contributed by atoms with Gasteiger partial charge in [0, 0.05) is 72.0 Å². The van der Waals surface area contributed by atoms with Crippen molar-refractivity contribution in [2.24, 2.45) is 5.73 Å². The molecule has 1 saturated heterocycles. The molecule has 0 radical (unpaired) electrons. The van der Waals surface area contributed by atoms with Gasteiger partial charge in [-0.3, -0.25) is 9.80 Å². The lowest BCUT2D eigenvalue weighted by molar-refractivity contribution is 0.131. The fraction of sp³-hybridized carbons (Fsp3) is 1.00. The van der Waals surface area contributed by atoms with Crippen LogP contribution in [0.3, 0.4) is 0 Å². The molecule has 0 aromatic rings. The molecule has 0 bridgehead atoms. The van der Waals surface area contributed by atoms with Gasteiger partial charge in [-0.1, -0.05) is 0 Å². The van der Waals surface area contributed by atoms with Crippen LogP contribution < -0.4 is 16.4 Å². The number of rotatable bonds is 10. The van der Waals surface area contributed by atoms with Crippen LogP contribution in [0, 0.1) is 0 Å². The van der Waals surface area contributed by atoms with E-state index < -0.39 is 0 Å². The number of hydrogen-bond acceptors (Lipinski definition) is 6. The van der Waals surface area contributed by atoms with Crippen molar-refractivity contribution < 1.29 is 5.11 Å². The highest BCUT2D eigenvalue weighted by molar-refractivity contribution is 4.73. The first-order chi connectivity index (χ1) is 9.22. The Morgan fingerprint density at radius 1 is 1.00 bits per heavy atom. The molecule has 1 aliphatic heterocycles. The first kappa shape index (κ1) is 16.8. The van der Waals surface area contributed by atoms with Crippen LogP contribution in [0.2, 0.25) is 0 Å². The molecule has 6 nitrogen and oxygen atoms in total. The molecule has 1 aliphatic rings. The van der Waals surface area contributed by atoms with Gasteiger partial charge in [-0.2, -0.15) is 0 Å². The van der Waals surface area contributed by atoms with Gasteiger partial charge in [0.25, 0.3) is 0 Å². The van der Waals surface area contributed by atoms with E-state index in [-0.39, 0.29) is 6.10 Å². The van der Waals surface area contributed by atoms with E-state index in [4.69, 9.17) is 10.8 Å². The van der Waals surface area contributed by atoms with E-state index in [9.17, 15) is 0 Å². The monoisotopic (exact) mass is 273 g/mol. The second kappa shape index (κ2) is 10.5. The summed E-state index contributed by atoms with van der Waals surface area (Å²) >= 11 is 0. The SMILES string of the molecule is CC(O)CNCCN1CCN(CCNCCN)CC1. The summed E-state index contributed by atoms with van der Waals surface area (Å²) in [7, 11) is 0. The highest BCUT2D eigenvalue weighted by atomic mass is 16.3. The topological polar surface area (TPSA) is 76.8 Å². The molecule has 1 unspecified atom stereocenters. The van der Waals surface area contributed by atoms with Crippen molar-refractivity contribution in [1.29, 1.82) is 0 Å². The molecular formula is C13H31N5O. The van der Waals surface area contributed by atoms with Gasteiger partial charge in [-0.05, 0) is 6.92 Å². The Labute approximate surface area is 117 Å². The molecule has 19 heavy (non-hydrogen) atoms. The van der Waals surface area contributed by atoms with E-state index in [1.54, 1.807) is 0 Å². The summed E-state index contributed by atoms with van der Waals surface area (Å²) in [6, 6.07) is 0. The van der Waals surface area contributed by atoms with E-state index in [1.807, 2.05) is 6.92 Å². The molecule has 1 rings (SSSR count). The fourth-order valence-corrected chi connectivity index (χ4v) is 2.25. The van der Waals surface area contributed by atoms with Gasteiger partial charge in [0.1, 0.15) is 0 Å². The molecule has 0 amide bonds. The highest BCUT2D eigenvalue weighted by Crippen LogP contribution is 1.99. The summed E-state index contributed by atoms with van der Waals surface area (Å²) in [6.45, 7) is 12.9. The zero-order valence-electron chi connectivity index (χ0n) is 12.3. The van der Waals surface area contributed by atoms with E-state index in [0.717, 1.165) is 58.9 Å². The smallest absolute Gasteiger partial charge is 0.0636 e.